The quantitative estimate of drug-likeness (QED) is 0.487. The van der Waals surface area contributed by atoms with Crippen LogP contribution in [-0.2, 0) is 4.79 Å². The molecule has 17 heavy (non-hydrogen) atoms. The van der Waals surface area contributed by atoms with Crippen molar-refractivity contribution in [1.82, 2.24) is 4.90 Å². The molecule has 1 rings (SSSR count). The number of unbranched alkanes of at least 4 members (excludes halogenated alkanes) is 2. The molecule has 2 nitrogen and oxygen atoms in total. The van der Waals surface area contributed by atoms with Crippen LogP contribution in [0.15, 0.2) is 12.2 Å². The normalized spacial score (nSPS) is 21.1. The maximum Gasteiger partial charge on any atom is 0.223 e. The SMILES string of the molecule is CCN1C(=O)CCC1/C=C/CCCCC(C)C. The molecule has 1 aliphatic heterocycles. The van der Waals surface area contributed by atoms with Crippen LogP contribution in [0.2, 0.25) is 0 Å². The van der Waals surface area contributed by atoms with Crippen LogP contribution in [0.5, 0.6) is 0 Å². The highest BCUT2D eigenvalue weighted by Crippen LogP contribution is 2.19. The third kappa shape index (κ3) is 4.93. The van der Waals surface area contributed by atoms with Crippen LogP contribution in [-0.4, -0.2) is 23.4 Å². The first kappa shape index (κ1) is 14.3. The van der Waals surface area contributed by atoms with Crippen LogP contribution >= 0.6 is 0 Å². The van der Waals surface area contributed by atoms with E-state index in [1.165, 1.54) is 19.3 Å². The molecule has 0 radical (unpaired) electrons. The number of carbonyl (C=O) groups is 1. The van der Waals surface area contributed by atoms with Gasteiger partial charge in [0.25, 0.3) is 0 Å². The summed E-state index contributed by atoms with van der Waals surface area (Å²) in [6.45, 7) is 7.46. The first-order chi connectivity index (χ1) is 8.15. The highest BCUT2D eigenvalue weighted by molar-refractivity contribution is 5.79. The van der Waals surface area contributed by atoms with Gasteiger partial charge in [0.05, 0.1) is 6.04 Å². The van der Waals surface area contributed by atoms with Gasteiger partial charge in [-0.25, -0.2) is 0 Å². The largest absolute Gasteiger partial charge is 0.337 e. The Labute approximate surface area is 106 Å². The van der Waals surface area contributed by atoms with Crippen LogP contribution in [0.4, 0.5) is 0 Å². The van der Waals surface area contributed by atoms with E-state index in [-0.39, 0.29) is 0 Å². The summed E-state index contributed by atoms with van der Waals surface area (Å²) in [5, 5.41) is 0. The average molecular weight is 237 g/mol. The van der Waals surface area contributed by atoms with Gasteiger partial charge < -0.3 is 4.90 Å². The number of allylic oxidation sites excluding steroid dienone is 1. The lowest BCUT2D eigenvalue weighted by atomic mass is 10.0. The Bertz CT molecular complexity index is 258. The van der Waals surface area contributed by atoms with Crippen LogP contribution in [0.3, 0.4) is 0 Å². The van der Waals surface area contributed by atoms with Gasteiger partial charge in [-0.2, -0.15) is 0 Å². The summed E-state index contributed by atoms with van der Waals surface area (Å²) in [6, 6.07) is 0.373. The number of amides is 1. The van der Waals surface area contributed by atoms with E-state index in [0.29, 0.717) is 11.9 Å². The molecule has 0 aromatic rings. The van der Waals surface area contributed by atoms with Crippen molar-refractivity contribution in [2.24, 2.45) is 5.92 Å². The summed E-state index contributed by atoms with van der Waals surface area (Å²) in [4.78, 5) is 13.5. The van der Waals surface area contributed by atoms with Gasteiger partial charge >= 0.3 is 0 Å². The van der Waals surface area contributed by atoms with E-state index < -0.39 is 0 Å². The van der Waals surface area contributed by atoms with Crippen molar-refractivity contribution in [3.63, 3.8) is 0 Å². The Morgan fingerprint density at radius 3 is 2.82 bits per heavy atom. The standard InChI is InChI=1S/C15H27NO/c1-4-16-14(11-12-15(16)17)10-8-6-5-7-9-13(2)3/h8,10,13-14H,4-7,9,11-12H2,1-3H3/b10-8+. The summed E-state index contributed by atoms with van der Waals surface area (Å²) >= 11 is 0. The molecule has 0 aromatic carbocycles. The molecule has 0 saturated carbocycles. The lowest BCUT2D eigenvalue weighted by Gasteiger charge is -2.19. The van der Waals surface area contributed by atoms with Gasteiger partial charge in [-0.1, -0.05) is 38.8 Å². The van der Waals surface area contributed by atoms with Gasteiger partial charge in [-0.15, -0.1) is 0 Å². The van der Waals surface area contributed by atoms with Crippen LogP contribution < -0.4 is 0 Å². The maximum atomic E-state index is 11.5. The monoisotopic (exact) mass is 237 g/mol. The van der Waals surface area contributed by atoms with Crippen molar-refractivity contribution in [3.8, 4) is 0 Å². The molecule has 0 N–H and O–H groups in total. The van der Waals surface area contributed by atoms with E-state index in [0.717, 1.165) is 31.7 Å². The van der Waals surface area contributed by atoms with Crippen molar-refractivity contribution >= 4 is 5.91 Å². The fourth-order valence-corrected chi connectivity index (χ4v) is 2.43. The molecule has 0 aromatic heterocycles. The molecule has 1 amide bonds. The molecule has 1 aliphatic rings. The fourth-order valence-electron chi connectivity index (χ4n) is 2.43. The zero-order valence-electron chi connectivity index (χ0n) is 11.6. The van der Waals surface area contributed by atoms with Gasteiger partial charge in [0.1, 0.15) is 0 Å². The van der Waals surface area contributed by atoms with Crippen molar-refractivity contribution in [3.05, 3.63) is 12.2 Å². The molecule has 2 heteroatoms. The molecule has 0 aliphatic carbocycles. The zero-order valence-corrected chi connectivity index (χ0v) is 11.6. The Morgan fingerprint density at radius 2 is 2.18 bits per heavy atom. The Balaban J connectivity index is 2.18. The van der Waals surface area contributed by atoms with Gasteiger partial charge in [-0.05, 0) is 32.1 Å². The summed E-state index contributed by atoms with van der Waals surface area (Å²) in [5.74, 6) is 1.14. The third-order valence-corrected chi connectivity index (χ3v) is 3.48. The summed E-state index contributed by atoms with van der Waals surface area (Å²) < 4.78 is 0. The Kier molecular flexibility index (Phi) is 6.31. The van der Waals surface area contributed by atoms with Gasteiger partial charge in [-0.3, -0.25) is 4.79 Å². The number of likely N-dealkylation sites (tertiary alicyclic amines) is 1. The Morgan fingerprint density at radius 1 is 1.41 bits per heavy atom. The van der Waals surface area contributed by atoms with Crippen molar-refractivity contribution < 1.29 is 4.79 Å². The molecular weight excluding hydrogens is 210 g/mol. The van der Waals surface area contributed by atoms with Crippen LogP contribution in [0.1, 0.15) is 59.3 Å². The first-order valence-corrected chi connectivity index (χ1v) is 7.11. The zero-order chi connectivity index (χ0) is 12.7. The summed E-state index contributed by atoms with van der Waals surface area (Å²) in [6.07, 6.45) is 11.3. The van der Waals surface area contributed by atoms with E-state index in [4.69, 9.17) is 0 Å². The highest BCUT2D eigenvalue weighted by atomic mass is 16.2. The van der Waals surface area contributed by atoms with Crippen molar-refractivity contribution in [1.29, 1.82) is 0 Å². The predicted molar refractivity (Wildman–Crippen MR) is 72.9 cm³/mol. The minimum atomic E-state index is 0.321. The highest BCUT2D eigenvalue weighted by Gasteiger charge is 2.26. The van der Waals surface area contributed by atoms with Gasteiger partial charge in [0.15, 0.2) is 0 Å². The van der Waals surface area contributed by atoms with E-state index in [1.807, 2.05) is 4.90 Å². The molecule has 1 unspecified atom stereocenters. The average Bonchev–Trinajstić information content (AvgIpc) is 2.63. The number of carbonyl (C=O) groups excluding carboxylic acids is 1. The second-order valence-corrected chi connectivity index (χ2v) is 5.39. The van der Waals surface area contributed by atoms with E-state index in [9.17, 15) is 4.79 Å². The van der Waals surface area contributed by atoms with E-state index in [1.54, 1.807) is 0 Å². The predicted octanol–water partition coefficient (Wildman–Crippen LogP) is 3.77. The number of hydrogen-bond donors (Lipinski definition) is 0. The molecule has 0 bridgehead atoms. The van der Waals surface area contributed by atoms with Crippen LogP contribution in [0.25, 0.3) is 0 Å². The smallest absolute Gasteiger partial charge is 0.223 e. The minimum absolute atomic E-state index is 0.321. The maximum absolute atomic E-state index is 11.5. The van der Waals surface area contributed by atoms with Crippen molar-refractivity contribution in [2.75, 3.05) is 6.54 Å². The van der Waals surface area contributed by atoms with Gasteiger partial charge in [0.2, 0.25) is 5.91 Å². The second kappa shape index (κ2) is 7.52. The topological polar surface area (TPSA) is 20.3 Å². The molecule has 1 saturated heterocycles. The van der Waals surface area contributed by atoms with Crippen LogP contribution in [0, 0.1) is 5.92 Å². The number of rotatable bonds is 7. The van der Waals surface area contributed by atoms with E-state index >= 15 is 0 Å². The molecule has 1 heterocycles. The lowest BCUT2D eigenvalue weighted by molar-refractivity contribution is -0.128. The van der Waals surface area contributed by atoms with E-state index in [2.05, 4.69) is 32.9 Å². The number of nitrogens with zero attached hydrogens (tertiary/aromatic N) is 1. The molecular formula is C15H27NO. The second-order valence-electron chi connectivity index (χ2n) is 5.39. The van der Waals surface area contributed by atoms with Crippen molar-refractivity contribution in [2.45, 2.75) is 65.3 Å². The fraction of sp³-hybridized carbons (Fsp3) is 0.800. The summed E-state index contributed by atoms with van der Waals surface area (Å²) in [7, 11) is 0. The van der Waals surface area contributed by atoms with Gasteiger partial charge in [0, 0.05) is 13.0 Å². The molecule has 98 valence electrons. The molecule has 1 atom stereocenters. The number of likely N-dealkylation sites (N-methyl/N-ethyl adjacent to an activating group) is 1. The summed E-state index contributed by atoms with van der Waals surface area (Å²) in [5.41, 5.74) is 0. The Hall–Kier alpha value is -0.790. The molecule has 1 fully saturated rings. The minimum Gasteiger partial charge on any atom is -0.337 e. The lowest BCUT2D eigenvalue weighted by Crippen LogP contribution is -2.31. The third-order valence-electron chi connectivity index (χ3n) is 3.48. The molecule has 0 spiro atoms. The first-order valence-electron chi connectivity index (χ1n) is 7.11. The number of hydrogen-bond acceptors (Lipinski definition) is 1.